The predicted octanol–water partition coefficient (Wildman–Crippen LogP) is -0.0393. The van der Waals surface area contributed by atoms with Crippen LogP contribution >= 0.6 is 0 Å². The normalized spacial score (nSPS) is 18.7. The zero-order chi connectivity index (χ0) is 12.7. The van der Waals surface area contributed by atoms with Gasteiger partial charge in [0.2, 0.25) is 5.88 Å². The maximum atomic E-state index is 5.99. The van der Waals surface area contributed by atoms with Crippen molar-refractivity contribution in [3.05, 3.63) is 11.9 Å². The number of aromatic nitrogens is 5. The van der Waals surface area contributed by atoms with Crippen LogP contribution in [0.1, 0.15) is 12.2 Å². The van der Waals surface area contributed by atoms with Crippen molar-refractivity contribution in [1.29, 1.82) is 0 Å². The average Bonchev–Trinajstić information content (AvgIpc) is 2.91. The molecule has 1 unspecified atom stereocenters. The van der Waals surface area contributed by atoms with Gasteiger partial charge in [0, 0.05) is 32.1 Å². The van der Waals surface area contributed by atoms with Crippen molar-refractivity contribution in [2.24, 2.45) is 12.8 Å². The Balaban J connectivity index is 2.04. The number of ether oxygens (including phenoxy) is 1. The first-order valence-electron chi connectivity index (χ1n) is 5.95. The minimum Gasteiger partial charge on any atom is -0.481 e. The Morgan fingerprint density at radius 3 is 3.00 bits per heavy atom. The SMILES string of the molecule is COc1cc(-c2nnc3n2CC(N)CC3)nn1C. The van der Waals surface area contributed by atoms with E-state index in [2.05, 4.69) is 19.9 Å². The summed E-state index contributed by atoms with van der Waals surface area (Å²) in [6.45, 7) is 0.747. The van der Waals surface area contributed by atoms with Gasteiger partial charge < -0.3 is 15.0 Å². The first-order chi connectivity index (χ1) is 8.69. The van der Waals surface area contributed by atoms with Crippen molar-refractivity contribution >= 4 is 0 Å². The maximum Gasteiger partial charge on any atom is 0.211 e. The Kier molecular flexibility index (Phi) is 2.55. The van der Waals surface area contributed by atoms with Crippen molar-refractivity contribution in [1.82, 2.24) is 24.5 Å². The van der Waals surface area contributed by atoms with E-state index in [4.69, 9.17) is 10.5 Å². The summed E-state index contributed by atoms with van der Waals surface area (Å²) in [6, 6.07) is 2.02. The topological polar surface area (TPSA) is 83.8 Å². The fraction of sp³-hybridized carbons (Fsp3) is 0.545. The molecule has 3 rings (SSSR count). The van der Waals surface area contributed by atoms with E-state index in [1.54, 1.807) is 11.8 Å². The summed E-state index contributed by atoms with van der Waals surface area (Å²) < 4.78 is 8.94. The first-order valence-corrected chi connectivity index (χ1v) is 5.95. The first kappa shape index (κ1) is 11.2. The number of hydrogen-bond donors (Lipinski definition) is 1. The third kappa shape index (κ3) is 1.67. The Labute approximate surface area is 105 Å². The van der Waals surface area contributed by atoms with Crippen LogP contribution in [0, 0.1) is 0 Å². The third-order valence-corrected chi connectivity index (χ3v) is 3.26. The molecule has 0 saturated carbocycles. The fourth-order valence-electron chi connectivity index (χ4n) is 2.29. The molecule has 0 aromatic carbocycles. The van der Waals surface area contributed by atoms with Crippen molar-refractivity contribution in [3.63, 3.8) is 0 Å². The summed E-state index contributed by atoms with van der Waals surface area (Å²) in [6.07, 6.45) is 1.84. The molecule has 1 atom stereocenters. The van der Waals surface area contributed by atoms with Gasteiger partial charge in [-0.05, 0) is 6.42 Å². The molecule has 0 fully saturated rings. The molecule has 7 heteroatoms. The van der Waals surface area contributed by atoms with E-state index in [0.717, 1.165) is 36.7 Å². The molecule has 0 aliphatic carbocycles. The number of rotatable bonds is 2. The van der Waals surface area contributed by atoms with Gasteiger partial charge in [-0.1, -0.05) is 0 Å². The molecule has 2 N–H and O–H groups in total. The summed E-state index contributed by atoms with van der Waals surface area (Å²) in [4.78, 5) is 0. The van der Waals surface area contributed by atoms with Gasteiger partial charge in [-0.2, -0.15) is 5.10 Å². The number of fused-ring (bicyclic) bond motifs is 1. The molecular formula is C11H16N6O. The summed E-state index contributed by atoms with van der Waals surface area (Å²) in [5.74, 6) is 2.44. The largest absolute Gasteiger partial charge is 0.481 e. The Bertz CT molecular complexity index is 572. The number of nitrogens with zero attached hydrogens (tertiary/aromatic N) is 5. The van der Waals surface area contributed by atoms with Crippen molar-refractivity contribution in [3.8, 4) is 17.4 Å². The quantitative estimate of drug-likeness (QED) is 0.806. The van der Waals surface area contributed by atoms with E-state index in [-0.39, 0.29) is 6.04 Å². The molecule has 2 aromatic heterocycles. The van der Waals surface area contributed by atoms with E-state index in [1.165, 1.54) is 0 Å². The van der Waals surface area contributed by atoms with Crippen LogP contribution in [0.5, 0.6) is 5.88 Å². The van der Waals surface area contributed by atoms with Gasteiger partial charge in [0.05, 0.1) is 7.11 Å². The highest BCUT2D eigenvalue weighted by Crippen LogP contribution is 2.24. The minimum absolute atomic E-state index is 0.165. The monoisotopic (exact) mass is 248 g/mol. The number of nitrogens with two attached hydrogens (primary N) is 1. The maximum absolute atomic E-state index is 5.99. The second kappa shape index (κ2) is 4.09. The zero-order valence-electron chi connectivity index (χ0n) is 10.5. The van der Waals surface area contributed by atoms with Crippen LogP contribution in [0.3, 0.4) is 0 Å². The van der Waals surface area contributed by atoms with Gasteiger partial charge in [-0.15, -0.1) is 10.2 Å². The molecule has 0 bridgehead atoms. The molecule has 7 nitrogen and oxygen atoms in total. The van der Waals surface area contributed by atoms with E-state index in [1.807, 2.05) is 13.1 Å². The minimum atomic E-state index is 0.165. The lowest BCUT2D eigenvalue weighted by atomic mass is 10.1. The van der Waals surface area contributed by atoms with E-state index in [9.17, 15) is 0 Å². The highest BCUT2D eigenvalue weighted by atomic mass is 16.5. The third-order valence-electron chi connectivity index (χ3n) is 3.26. The second-order valence-corrected chi connectivity index (χ2v) is 4.54. The van der Waals surface area contributed by atoms with Crippen molar-refractivity contribution in [2.75, 3.05) is 7.11 Å². The standard InChI is InChI=1S/C11H16N6O/c1-16-10(18-2)5-8(15-16)11-14-13-9-4-3-7(12)6-17(9)11/h5,7H,3-4,6,12H2,1-2H3. The van der Waals surface area contributed by atoms with Gasteiger partial charge in [0.1, 0.15) is 11.5 Å². The number of hydrogen-bond acceptors (Lipinski definition) is 5. The van der Waals surface area contributed by atoms with Gasteiger partial charge in [-0.25, -0.2) is 4.68 Å². The number of aryl methyl sites for hydroxylation is 2. The Morgan fingerprint density at radius 1 is 1.44 bits per heavy atom. The molecule has 0 amide bonds. The second-order valence-electron chi connectivity index (χ2n) is 4.54. The van der Waals surface area contributed by atoms with Crippen LogP contribution in [0.4, 0.5) is 0 Å². The van der Waals surface area contributed by atoms with Crippen molar-refractivity contribution < 1.29 is 4.74 Å². The van der Waals surface area contributed by atoms with Crippen LogP contribution < -0.4 is 10.5 Å². The molecule has 18 heavy (non-hydrogen) atoms. The molecular weight excluding hydrogens is 232 g/mol. The predicted molar refractivity (Wildman–Crippen MR) is 65.1 cm³/mol. The lowest BCUT2D eigenvalue weighted by Gasteiger charge is -2.20. The van der Waals surface area contributed by atoms with Crippen molar-refractivity contribution in [2.45, 2.75) is 25.4 Å². The Hall–Kier alpha value is -1.89. The van der Waals surface area contributed by atoms with Crippen LogP contribution in [0.2, 0.25) is 0 Å². The Morgan fingerprint density at radius 2 is 2.28 bits per heavy atom. The lowest BCUT2D eigenvalue weighted by molar-refractivity contribution is 0.373. The summed E-state index contributed by atoms with van der Waals surface area (Å²) in [7, 11) is 3.46. The number of methoxy groups -OCH3 is 1. The highest BCUT2D eigenvalue weighted by Gasteiger charge is 2.23. The molecule has 1 aliphatic heterocycles. The van der Waals surface area contributed by atoms with E-state index in [0.29, 0.717) is 5.88 Å². The van der Waals surface area contributed by atoms with E-state index < -0.39 is 0 Å². The molecule has 3 heterocycles. The summed E-state index contributed by atoms with van der Waals surface area (Å²) in [5, 5.41) is 12.8. The molecule has 0 spiro atoms. The average molecular weight is 248 g/mol. The molecule has 96 valence electrons. The fourth-order valence-corrected chi connectivity index (χ4v) is 2.29. The summed E-state index contributed by atoms with van der Waals surface area (Å²) in [5.41, 5.74) is 6.76. The highest BCUT2D eigenvalue weighted by molar-refractivity contribution is 5.51. The molecule has 1 aliphatic rings. The van der Waals surface area contributed by atoms with Gasteiger partial charge >= 0.3 is 0 Å². The van der Waals surface area contributed by atoms with Gasteiger partial charge in [0.15, 0.2) is 5.82 Å². The lowest BCUT2D eigenvalue weighted by Crippen LogP contribution is -2.32. The smallest absolute Gasteiger partial charge is 0.211 e. The summed E-state index contributed by atoms with van der Waals surface area (Å²) >= 11 is 0. The van der Waals surface area contributed by atoms with Gasteiger partial charge in [0.25, 0.3) is 0 Å². The zero-order valence-corrected chi connectivity index (χ0v) is 10.5. The van der Waals surface area contributed by atoms with E-state index >= 15 is 0 Å². The van der Waals surface area contributed by atoms with Crippen LogP contribution in [0.15, 0.2) is 6.07 Å². The molecule has 2 aromatic rings. The van der Waals surface area contributed by atoms with Crippen LogP contribution in [-0.4, -0.2) is 37.7 Å². The van der Waals surface area contributed by atoms with Crippen LogP contribution in [0.25, 0.3) is 11.5 Å². The molecule has 0 radical (unpaired) electrons. The van der Waals surface area contributed by atoms with Gasteiger partial charge in [-0.3, -0.25) is 0 Å². The molecule has 0 saturated heterocycles. The van der Waals surface area contributed by atoms with Crippen LogP contribution in [-0.2, 0) is 20.0 Å².